The van der Waals surface area contributed by atoms with Crippen LogP contribution in [-0.2, 0) is 11.3 Å². The molecule has 0 radical (unpaired) electrons. The molecule has 0 saturated heterocycles. The van der Waals surface area contributed by atoms with Crippen LogP contribution < -0.4 is 11.1 Å². The molecule has 104 valence electrons. The quantitative estimate of drug-likeness (QED) is 0.617. The second-order valence-electron chi connectivity index (χ2n) is 4.91. The lowest BCUT2D eigenvalue weighted by Gasteiger charge is -2.24. The number of nitrogens with two attached hydrogens (primary N) is 1. The van der Waals surface area contributed by atoms with E-state index < -0.39 is 16.4 Å². The molecule has 3 N–H and O–H groups in total. The van der Waals surface area contributed by atoms with E-state index in [4.69, 9.17) is 17.3 Å². The number of nitrogens with one attached hydrogen (secondary N) is 1. The Morgan fingerprint density at radius 3 is 2.68 bits per heavy atom. The predicted molar refractivity (Wildman–Crippen MR) is 72.8 cm³/mol. The zero-order valence-corrected chi connectivity index (χ0v) is 11.5. The summed E-state index contributed by atoms with van der Waals surface area (Å²) in [6, 6.07) is 4.49. The third-order valence-corrected chi connectivity index (χ3v) is 2.85. The van der Waals surface area contributed by atoms with Gasteiger partial charge in [0.25, 0.3) is 5.69 Å². The van der Waals surface area contributed by atoms with Crippen LogP contribution in [0.3, 0.4) is 0 Å². The minimum Gasteiger partial charge on any atom is -0.370 e. The van der Waals surface area contributed by atoms with E-state index in [1.165, 1.54) is 6.07 Å². The van der Waals surface area contributed by atoms with Gasteiger partial charge in [0.05, 0.1) is 4.92 Å². The first-order valence-corrected chi connectivity index (χ1v) is 6.05. The minimum atomic E-state index is -0.528. The largest absolute Gasteiger partial charge is 0.370 e. The second-order valence-corrected chi connectivity index (χ2v) is 5.35. The molecule has 1 amide bonds. The Morgan fingerprint density at radius 1 is 1.53 bits per heavy atom. The summed E-state index contributed by atoms with van der Waals surface area (Å²) in [6.45, 7) is 3.87. The molecule has 0 saturated carbocycles. The maximum atomic E-state index is 10.9. The molecule has 0 unspecified atom stereocenters. The van der Waals surface area contributed by atoms with E-state index in [0.29, 0.717) is 10.6 Å². The molecule has 0 aliphatic heterocycles. The van der Waals surface area contributed by atoms with Crippen molar-refractivity contribution in [3.63, 3.8) is 0 Å². The number of primary amides is 1. The molecule has 1 rings (SSSR count). The third kappa shape index (κ3) is 4.84. The van der Waals surface area contributed by atoms with Crippen molar-refractivity contribution in [1.82, 2.24) is 5.32 Å². The van der Waals surface area contributed by atoms with Crippen molar-refractivity contribution in [3.05, 3.63) is 38.9 Å². The van der Waals surface area contributed by atoms with Crippen LogP contribution in [0.15, 0.2) is 18.2 Å². The lowest BCUT2D eigenvalue weighted by molar-refractivity contribution is -0.385. The standard InChI is InChI=1S/C12H16ClN3O3/c1-12(2,6-11(14)17)15-7-8-3-4-9(13)5-10(8)16(18)19/h3-5,15H,6-7H2,1-2H3,(H2,14,17). The third-order valence-electron chi connectivity index (χ3n) is 2.62. The van der Waals surface area contributed by atoms with Crippen molar-refractivity contribution in [2.45, 2.75) is 32.4 Å². The fourth-order valence-electron chi connectivity index (χ4n) is 1.69. The summed E-state index contributed by atoms with van der Waals surface area (Å²) >= 11 is 5.73. The number of hydrogen-bond donors (Lipinski definition) is 2. The summed E-state index contributed by atoms with van der Waals surface area (Å²) in [5, 5.41) is 14.3. The van der Waals surface area contributed by atoms with Gasteiger partial charge in [0.1, 0.15) is 0 Å². The highest BCUT2D eigenvalue weighted by Crippen LogP contribution is 2.23. The maximum Gasteiger partial charge on any atom is 0.275 e. The number of benzene rings is 1. The molecule has 0 fully saturated rings. The van der Waals surface area contributed by atoms with Gasteiger partial charge in [0.2, 0.25) is 5.91 Å². The van der Waals surface area contributed by atoms with Gasteiger partial charge in [0.15, 0.2) is 0 Å². The van der Waals surface area contributed by atoms with Gasteiger partial charge in [0, 0.05) is 35.2 Å². The summed E-state index contributed by atoms with van der Waals surface area (Å²) in [5.41, 5.74) is 5.07. The molecule has 19 heavy (non-hydrogen) atoms. The van der Waals surface area contributed by atoms with Gasteiger partial charge < -0.3 is 11.1 Å². The normalized spacial score (nSPS) is 11.3. The highest BCUT2D eigenvalue weighted by atomic mass is 35.5. The smallest absolute Gasteiger partial charge is 0.275 e. The second kappa shape index (κ2) is 5.99. The molecule has 0 aliphatic carbocycles. The molecule has 7 heteroatoms. The van der Waals surface area contributed by atoms with E-state index in [-0.39, 0.29) is 18.7 Å². The number of nitrogens with zero attached hydrogens (tertiary/aromatic N) is 1. The highest BCUT2D eigenvalue weighted by Gasteiger charge is 2.22. The van der Waals surface area contributed by atoms with Crippen LogP contribution in [0.1, 0.15) is 25.8 Å². The Bertz CT molecular complexity index is 503. The number of carbonyl (C=O) groups is 1. The van der Waals surface area contributed by atoms with Crippen LogP contribution in [-0.4, -0.2) is 16.4 Å². The molecule has 6 nitrogen and oxygen atoms in total. The van der Waals surface area contributed by atoms with Gasteiger partial charge in [-0.05, 0) is 26.0 Å². The van der Waals surface area contributed by atoms with Crippen molar-refractivity contribution >= 4 is 23.2 Å². The van der Waals surface area contributed by atoms with Crippen LogP contribution >= 0.6 is 11.6 Å². The number of halogens is 1. The number of amides is 1. The zero-order chi connectivity index (χ0) is 14.6. The first-order valence-electron chi connectivity index (χ1n) is 5.67. The van der Waals surface area contributed by atoms with Crippen LogP contribution in [0.5, 0.6) is 0 Å². The maximum absolute atomic E-state index is 10.9. The Morgan fingerprint density at radius 2 is 2.16 bits per heavy atom. The number of nitro groups is 1. The van der Waals surface area contributed by atoms with Gasteiger partial charge in [-0.25, -0.2) is 0 Å². The highest BCUT2D eigenvalue weighted by molar-refractivity contribution is 6.30. The van der Waals surface area contributed by atoms with Crippen LogP contribution in [0, 0.1) is 10.1 Å². The fraction of sp³-hybridized carbons (Fsp3) is 0.417. The molecule has 0 bridgehead atoms. The van der Waals surface area contributed by atoms with E-state index in [0.717, 1.165) is 0 Å². The Labute approximate surface area is 116 Å². The first kappa shape index (κ1) is 15.4. The molecule has 0 aliphatic rings. The van der Waals surface area contributed by atoms with Crippen LogP contribution in [0.4, 0.5) is 5.69 Å². The van der Waals surface area contributed by atoms with Crippen LogP contribution in [0.25, 0.3) is 0 Å². The number of carbonyl (C=O) groups excluding carboxylic acids is 1. The summed E-state index contributed by atoms with van der Waals surface area (Å²) in [6.07, 6.45) is 0.147. The van der Waals surface area contributed by atoms with Crippen molar-refractivity contribution < 1.29 is 9.72 Å². The summed E-state index contributed by atoms with van der Waals surface area (Å²) < 4.78 is 0. The van der Waals surface area contributed by atoms with E-state index >= 15 is 0 Å². The van der Waals surface area contributed by atoms with Crippen LogP contribution in [0.2, 0.25) is 5.02 Å². The average molecular weight is 286 g/mol. The fourth-order valence-corrected chi connectivity index (χ4v) is 1.86. The molecule has 0 atom stereocenters. The molecule has 0 heterocycles. The minimum absolute atomic E-state index is 0.0464. The van der Waals surface area contributed by atoms with E-state index in [1.807, 2.05) is 0 Å². The lowest BCUT2D eigenvalue weighted by Crippen LogP contribution is -2.42. The number of hydrogen-bond acceptors (Lipinski definition) is 4. The van der Waals surface area contributed by atoms with Crippen molar-refractivity contribution in [3.8, 4) is 0 Å². The van der Waals surface area contributed by atoms with Gasteiger partial charge in [-0.3, -0.25) is 14.9 Å². The topological polar surface area (TPSA) is 98.3 Å². The Balaban J connectivity index is 2.83. The summed E-state index contributed by atoms with van der Waals surface area (Å²) in [5.74, 6) is -0.428. The Hall–Kier alpha value is -1.66. The van der Waals surface area contributed by atoms with Gasteiger partial charge in [-0.15, -0.1) is 0 Å². The molecule has 0 aromatic heterocycles. The average Bonchev–Trinajstić information content (AvgIpc) is 2.25. The van der Waals surface area contributed by atoms with E-state index in [9.17, 15) is 14.9 Å². The van der Waals surface area contributed by atoms with Crippen molar-refractivity contribution in [2.75, 3.05) is 0 Å². The number of rotatable bonds is 6. The zero-order valence-electron chi connectivity index (χ0n) is 10.8. The lowest BCUT2D eigenvalue weighted by atomic mass is 9.99. The molecule has 0 spiro atoms. The SMILES string of the molecule is CC(C)(CC(N)=O)NCc1ccc(Cl)cc1[N+](=O)[O-]. The summed E-state index contributed by atoms with van der Waals surface area (Å²) in [4.78, 5) is 21.3. The molecule has 1 aromatic rings. The molecular weight excluding hydrogens is 270 g/mol. The molecular formula is C12H16ClN3O3. The van der Waals surface area contributed by atoms with Crippen molar-refractivity contribution in [1.29, 1.82) is 0 Å². The summed E-state index contributed by atoms with van der Waals surface area (Å²) in [7, 11) is 0. The monoisotopic (exact) mass is 285 g/mol. The van der Waals surface area contributed by atoms with E-state index in [1.54, 1.807) is 26.0 Å². The number of nitro benzene ring substituents is 1. The molecule has 1 aromatic carbocycles. The Kier molecular flexibility index (Phi) is 4.85. The van der Waals surface area contributed by atoms with Crippen molar-refractivity contribution in [2.24, 2.45) is 5.73 Å². The van der Waals surface area contributed by atoms with E-state index in [2.05, 4.69) is 5.32 Å². The van der Waals surface area contributed by atoms with Gasteiger partial charge >= 0.3 is 0 Å². The van der Waals surface area contributed by atoms with Gasteiger partial charge in [-0.2, -0.15) is 0 Å². The van der Waals surface area contributed by atoms with Gasteiger partial charge in [-0.1, -0.05) is 11.6 Å². The first-order chi connectivity index (χ1) is 8.71. The predicted octanol–water partition coefficient (Wildman–Crippen LogP) is 1.99.